The summed E-state index contributed by atoms with van der Waals surface area (Å²) in [5, 5.41) is 10.2. The molecule has 1 N–H and O–H groups in total. The van der Waals surface area contributed by atoms with Crippen LogP contribution in [0.25, 0.3) is 11.0 Å². The van der Waals surface area contributed by atoms with E-state index in [1.54, 1.807) is 12.1 Å². The third kappa shape index (κ3) is 1.86. The zero-order valence-electron chi connectivity index (χ0n) is 8.49. The van der Waals surface area contributed by atoms with Crippen molar-refractivity contribution in [2.45, 2.75) is 19.8 Å². The summed E-state index contributed by atoms with van der Waals surface area (Å²) >= 11 is 0. The van der Waals surface area contributed by atoms with Crippen LogP contribution in [-0.2, 0) is 6.42 Å². The van der Waals surface area contributed by atoms with E-state index in [2.05, 4.69) is 6.92 Å². The van der Waals surface area contributed by atoms with E-state index in [0.717, 1.165) is 23.8 Å². The first-order valence-corrected chi connectivity index (χ1v) is 4.96. The van der Waals surface area contributed by atoms with Gasteiger partial charge in [0, 0.05) is 17.5 Å². The van der Waals surface area contributed by atoms with E-state index in [0.29, 0.717) is 5.58 Å². The highest BCUT2D eigenvalue weighted by Gasteiger charge is 2.05. The summed E-state index contributed by atoms with van der Waals surface area (Å²) in [5.41, 5.74) is 1.06. The predicted molar refractivity (Wildman–Crippen MR) is 58.1 cm³/mol. The molecular formula is C12H12O3. The van der Waals surface area contributed by atoms with Crippen molar-refractivity contribution in [2.24, 2.45) is 0 Å². The summed E-state index contributed by atoms with van der Waals surface area (Å²) < 4.78 is 5.01. The first-order chi connectivity index (χ1) is 7.20. The molecule has 0 fully saturated rings. The Morgan fingerprint density at radius 2 is 2.13 bits per heavy atom. The van der Waals surface area contributed by atoms with Crippen LogP contribution in [0.1, 0.15) is 18.9 Å². The summed E-state index contributed by atoms with van der Waals surface area (Å²) in [4.78, 5) is 11.2. The quantitative estimate of drug-likeness (QED) is 0.764. The summed E-state index contributed by atoms with van der Waals surface area (Å²) in [6, 6.07) is 6.36. The van der Waals surface area contributed by atoms with Gasteiger partial charge in [0.05, 0.1) is 0 Å². The molecule has 2 aromatic rings. The Hall–Kier alpha value is -1.77. The summed E-state index contributed by atoms with van der Waals surface area (Å²) in [6.45, 7) is 2.06. The van der Waals surface area contributed by atoms with Crippen LogP contribution in [0.3, 0.4) is 0 Å². The lowest BCUT2D eigenvalue weighted by Crippen LogP contribution is -2.00. The van der Waals surface area contributed by atoms with E-state index in [-0.39, 0.29) is 11.4 Å². The van der Waals surface area contributed by atoms with Crippen LogP contribution in [-0.4, -0.2) is 5.11 Å². The second kappa shape index (κ2) is 3.77. The number of benzene rings is 1. The fourth-order valence-electron chi connectivity index (χ4n) is 1.69. The minimum atomic E-state index is -0.364. The Morgan fingerprint density at radius 3 is 2.87 bits per heavy atom. The van der Waals surface area contributed by atoms with E-state index in [1.807, 2.05) is 0 Å². The minimum absolute atomic E-state index is 0.110. The van der Waals surface area contributed by atoms with Crippen molar-refractivity contribution in [2.75, 3.05) is 0 Å². The normalized spacial score (nSPS) is 10.7. The average Bonchev–Trinajstić information content (AvgIpc) is 2.17. The van der Waals surface area contributed by atoms with Gasteiger partial charge in [-0.3, -0.25) is 0 Å². The van der Waals surface area contributed by atoms with Crippen molar-refractivity contribution in [3.63, 3.8) is 0 Å². The number of hydrogen-bond acceptors (Lipinski definition) is 3. The van der Waals surface area contributed by atoms with Crippen LogP contribution in [0.2, 0.25) is 0 Å². The molecule has 78 valence electrons. The molecule has 1 aromatic heterocycles. The van der Waals surface area contributed by atoms with Crippen LogP contribution >= 0.6 is 0 Å². The number of phenols is 1. The highest BCUT2D eigenvalue weighted by molar-refractivity contribution is 5.81. The van der Waals surface area contributed by atoms with E-state index in [9.17, 15) is 9.90 Å². The summed E-state index contributed by atoms with van der Waals surface area (Å²) in [7, 11) is 0. The van der Waals surface area contributed by atoms with Crippen molar-refractivity contribution in [3.05, 3.63) is 40.2 Å². The fraction of sp³-hybridized carbons (Fsp3) is 0.250. The van der Waals surface area contributed by atoms with Crippen LogP contribution in [0.5, 0.6) is 5.75 Å². The maximum Gasteiger partial charge on any atom is 0.336 e. The van der Waals surface area contributed by atoms with Crippen LogP contribution in [0, 0.1) is 0 Å². The van der Waals surface area contributed by atoms with Gasteiger partial charge in [-0.05, 0) is 24.1 Å². The molecule has 0 spiro atoms. The Bertz CT molecular complexity index is 540. The van der Waals surface area contributed by atoms with Crippen molar-refractivity contribution in [3.8, 4) is 5.75 Å². The van der Waals surface area contributed by atoms with Crippen LogP contribution in [0.15, 0.2) is 33.5 Å². The van der Waals surface area contributed by atoms with Gasteiger partial charge in [0.25, 0.3) is 0 Å². The second-order valence-electron chi connectivity index (χ2n) is 3.52. The molecule has 0 unspecified atom stereocenters. The molecule has 2 rings (SSSR count). The highest BCUT2D eigenvalue weighted by Crippen LogP contribution is 2.22. The van der Waals surface area contributed by atoms with Crippen molar-refractivity contribution in [1.82, 2.24) is 0 Å². The summed E-state index contributed by atoms with van der Waals surface area (Å²) in [6.07, 6.45) is 1.81. The number of aryl methyl sites for hydroxylation is 1. The fourth-order valence-corrected chi connectivity index (χ4v) is 1.69. The van der Waals surface area contributed by atoms with Crippen molar-refractivity contribution >= 4 is 11.0 Å². The Labute approximate surface area is 87.0 Å². The molecule has 0 aliphatic rings. The zero-order valence-corrected chi connectivity index (χ0v) is 8.49. The highest BCUT2D eigenvalue weighted by atomic mass is 16.4. The second-order valence-corrected chi connectivity index (χ2v) is 3.52. The molecule has 0 bridgehead atoms. The molecular weight excluding hydrogens is 192 g/mol. The first-order valence-electron chi connectivity index (χ1n) is 4.96. The van der Waals surface area contributed by atoms with Gasteiger partial charge in [-0.15, -0.1) is 0 Å². The molecule has 0 amide bonds. The molecule has 15 heavy (non-hydrogen) atoms. The average molecular weight is 204 g/mol. The molecule has 0 radical (unpaired) electrons. The third-order valence-electron chi connectivity index (χ3n) is 2.33. The molecule has 0 atom stereocenters. The Balaban J connectivity index is 2.74. The van der Waals surface area contributed by atoms with Crippen LogP contribution < -0.4 is 5.63 Å². The molecule has 0 aliphatic carbocycles. The zero-order chi connectivity index (χ0) is 10.8. The first kappa shape index (κ1) is 9.77. The van der Waals surface area contributed by atoms with Crippen molar-refractivity contribution in [1.29, 1.82) is 0 Å². The predicted octanol–water partition coefficient (Wildman–Crippen LogP) is 2.45. The van der Waals surface area contributed by atoms with Crippen LogP contribution in [0.4, 0.5) is 0 Å². The Morgan fingerprint density at radius 1 is 1.33 bits per heavy atom. The Kier molecular flexibility index (Phi) is 2.46. The van der Waals surface area contributed by atoms with E-state index < -0.39 is 0 Å². The molecule has 1 aromatic carbocycles. The number of rotatable bonds is 2. The lowest BCUT2D eigenvalue weighted by atomic mass is 10.1. The maximum absolute atomic E-state index is 11.2. The number of fused-ring (bicyclic) bond motifs is 1. The monoisotopic (exact) mass is 204 g/mol. The molecule has 3 nitrogen and oxygen atoms in total. The van der Waals surface area contributed by atoms with Gasteiger partial charge in [-0.25, -0.2) is 4.79 Å². The summed E-state index contributed by atoms with van der Waals surface area (Å²) in [5.74, 6) is 0.110. The minimum Gasteiger partial charge on any atom is -0.508 e. The van der Waals surface area contributed by atoms with Gasteiger partial charge in [0.15, 0.2) is 0 Å². The number of aromatic hydroxyl groups is 1. The standard InChI is InChI=1S/C12H12O3/c1-2-3-8-6-12(14)15-11-7-9(13)4-5-10(8)11/h4-7,13H,2-3H2,1H3. The maximum atomic E-state index is 11.2. The van der Waals surface area contributed by atoms with Gasteiger partial charge < -0.3 is 9.52 Å². The van der Waals surface area contributed by atoms with E-state index in [4.69, 9.17) is 4.42 Å². The number of hydrogen-bond donors (Lipinski definition) is 1. The molecule has 0 saturated heterocycles. The lowest BCUT2D eigenvalue weighted by Gasteiger charge is -2.03. The SMILES string of the molecule is CCCc1cc(=O)oc2cc(O)ccc12. The van der Waals surface area contributed by atoms with Gasteiger partial charge >= 0.3 is 5.63 Å². The number of phenolic OH excluding ortho intramolecular Hbond substituents is 1. The molecule has 0 saturated carbocycles. The molecule has 1 heterocycles. The van der Waals surface area contributed by atoms with E-state index >= 15 is 0 Å². The lowest BCUT2D eigenvalue weighted by molar-refractivity contribution is 0.473. The topological polar surface area (TPSA) is 50.4 Å². The van der Waals surface area contributed by atoms with Gasteiger partial charge in [-0.2, -0.15) is 0 Å². The van der Waals surface area contributed by atoms with Crippen molar-refractivity contribution < 1.29 is 9.52 Å². The third-order valence-corrected chi connectivity index (χ3v) is 2.33. The van der Waals surface area contributed by atoms with Gasteiger partial charge in [-0.1, -0.05) is 13.3 Å². The largest absolute Gasteiger partial charge is 0.508 e. The van der Waals surface area contributed by atoms with Gasteiger partial charge in [0.1, 0.15) is 11.3 Å². The smallest absolute Gasteiger partial charge is 0.336 e. The van der Waals surface area contributed by atoms with E-state index in [1.165, 1.54) is 12.1 Å². The van der Waals surface area contributed by atoms with Gasteiger partial charge in [0.2, 0.25) is 0 Å². The molecule has 0 aliphatic heterocycles. The molecule has 3 heteroatoms.